The van der Waals surface area contributed by atoms with E-state index < -0.39 is 6.67 Å². The highest BCUT2D eigenvalue weighted by molar-refractivity contribution is 5.47. The summed E-state index contributed by atoms with van der Waals surface area (Å²) in [4.78, 5) is 13.9. The summed E-state index contributed by atoms with van der Waals surface area (Å²) in [6, 6.07) is 1.54. The second-order valence-electron chi connectivity index (χ2n) is 2.95. The van der Waals surface area contributed by atoms with E-state index in [4.69, 9.17) is 5.73 Å². The van der Waals surface area contributed by atoms with Crippen LogP contribution in [0.3, 0.4) is 0 Å². The monoisotopic (exact) mass is 196 g/mol. The second-order valence-corrected chi connectivity index (χ2v) is 2.95. The van der Waals surface area contributed by atoms with Crippen molar-refractivity contribution >= 4 is 11.5 Å². The predicted molar refractivity (Wildman–Crippen MR) is 49.9 cm³/mol. The summed E-state index contributed by atoms with van der Waals surface area (Å²) >= 11 is 0. The van der Waals surface area contributed by atoms with Crippen LogP contribution in [-0.4, -0.2) is 21.3 Å². The summed E-state index contributed by atoms with van der Waals surface area (Å²) in [7, 11) is 0. The first-order valence-corrected chi connectivity index (χ1v) is 4.14. The topological polar surface area (TPSA) is 76.2 Å². The Morgan fingerprint density at radius 2 is 2.43 bits per heavy atom. The molecule has 0 aromatic carbocycles. The maximum Gasteiger partial charge on any atom is 0.254 e. The maximum absolute atomic E-state index is 12.1. The molecule has 0 amide bonds. The number of nitrogen functional groups attached to an aromatic ring is 1. The fraction of sp³-hybridized carbons (Fsp3) is 0.250. The quantitative estimate of drug-likeness (QED) is 0.716. The first-order chi connectivity index (χ1) is 6.70. The molecule has 0 atom stereocenters. The molecule has 2 rings (SSSR count). The van der Waals surface area contributed by atoms with Gasteiger partial charge >= 0.3 is 0 Å². The summed E-state index contributed by atoms with van der Waals surface area (Å²) in [5.74, 6) is 0.318. The molecular formula is C8H9FN4O. The Hall–Kier alpha value is -1.85. The highest BCUT2D eigenvalue weighted by Gasteiger charge is 2.04. The molecule has 0 unspecified atom stereocenters. The van der Waals surface area contributed by atoms with Gasteiger partial charge in [0.25, 0.3) is 5.56 Å². The van der Waals surface area contributed by atoms with Crippen LogP contribution in [0.1, 0.15) is 5.56 Å². The molecule has 74 valence electrons. The van der Waals surface area contributed by atoms with E-state index in [1.54, 1.807) is 6.07 Å². The number of aromatic nitrogens is 3. The average Bonchev–Trinajstić information content (AvgIpc) is 2.45. The van der Waals surface area contributed by atoms with Crippen molar-refractivity contribution in [2.24, 2.45) is 0 Å². The Morgan fingerprint density at radius 3 is 3.14 bits per heavy atom. The van der Waals surface area contributed by atoms with E-state index in [9.17, 15) is 9.18 Å². The molecular weight excluding hydrogens is 187 g/mol. The van der Waals surface area contributed by atoms with Crippen molar-refractivity contribution in [1.29, 1.82) is 0 Å². The molecule has 0 radical (unpaired) electrons. The smallest absolute Gasteiger partial charge is 0.254 e. The van der Waals surface area contributed by atoms with Crippen molar-refractivity contribution < 1.29 is 4.39 Å². The molecule has 3 N–H and O–H groups in total. The molecule has 0 fully saturated rings. The molecule has 5 nitrogen and oxygen atoms in total. The maximum atomic E-state index is 12.1. The van der Waals surface area contributed by atoms with Gasteiger partial charge < -0.3 is 10.7 Å². The fourth-order valence-electron chi connectivity index (χ4n) is 1.29. The van der Waals surface area contributed by atoms with E-state index in [1.165, 1.54) is 10.7 Å². The van der Waals surface area contributed by atoms with Crippen LogP contribution >= 0.6 is 0 Å². The van der Waals surface area contributed by atoms with E-state index in [-0.39, 0.29) is 12.0 Å². The van der Waals surface area contributed by atoms with Gasteiger partial charge in [0, 0.05) is 24.2 Å². The number of nitrogens with zero attached hydrogens (tertiary/aromatic N) is 2. The summed E-state index contributed by atoms with van der Waals surface area (Å²) in [6.45, 7) is -0.564. The van der Waals surface area contributed by atoms with Crippen LogP contribution in [-0.2, 0) is 6.42 Å². The lowest BCUT2D eigenvalue weighted by molar-refractivity contribution is 0.493. The van der Waals surface area contributed by atoms with Crippen molar-refractivity contribution in [2.45, 2.75) is 6.42 Å². The minimum atomic E-state index is -0.564. The highest BCUT2D eigenvalue weighted by Crippen LogP contribution is 2.03. The fourth-order valence-corrected chi connectivity index (χ4v) is 1.29. The zero-order valence-electron chi connectivity index (χ0n) is 7.33. The van der Waals surface area contributed by atoms with Gasteiger partial charge in [-0.05, 0) is 0 Å². The molecule has 0 aliphatic heterocycles. The number of nitrogens with one attached hydrogen (secondary N) is 1. The molecule has 2 aromatic rings. The number of anilines is 1. The predicted octanol–water partition coefficient (Wildman–Crippen LogP) is 0.117. The second kappa shape index (κ2) is 3.13. The molecule has 0 bridgehead atoms. The SMILES string of the molecule is Nc1cc2[nH]c(=O)c(CCF)cn2n1. The Morgan fingerprint density at radius 1 is 1.64 bits per heavy atom. The van der Waals surface area contributed by atoms with Gasteiger partial charge in [-0.25, -0.2) is 4.52 Å². The van der Waals surface area contributed by atoms with E-state index in [1.807, 2.05) is 0 Å². The van der Waals surface area contributed by atoms with Crippen LogP contribution in [0, 0.1) is 0 Å². The van der Waals surface area contributed by atoms with Crippen LogP contribution in [0.5, 0.6) is 0 Å². The molecule has 2 heterocycles. The number of halogens is 1. The third kappa shape index (κ3) is 1.34. The number of alkyl halides is 1. The van der Waals surface area contributed by atoms with Gasteiger partial charge in [-0.3, -0.25) is 9.18 Å². The standard InChI is InChI=1S/C8H9FN4O/c9-2-1-5-4-13-7(11-8(5)14)3-6(10)12-13/h3-4H,1-2H2,(H2,10,12)(H,11,14). The molecule has 0 aliphatic carbocycles. The Kier molecular flexibility index (Phi) is 1.95. The van der Waals surface area contributed by atoms with Gasteiger partial charge in [0.1, 0.15) is 11.5 Å². The highest BCUT2D eigenvalue weighted by atomic mass is 19.1. The Bertz CT molecular complexity index is 516. The number of aryl methyl sites for hydroxylation is 1. The number of nitrogens with two attached hydrogens (primary N) is 1. The summed E-state index contributed by atoms with van der Waals surface area (Å²) in [5.41, 5.74) is 6.01. The summed E-state index contributed by atoms with van der Waals surface area (Å²) < 4.78 is 13.5. The van der Waals surface area contributed by atoms with Gasteiger partial charge in [-0.2, -0.15) is 0 Å². The normalized spacial score (nSPS) is 10.9. The van der Waals surface area contributed by atoms with Crippen molar-refractivity contribution in [3.05, 3.63) is 28.2 Å². The lowest BCUT2D eigenvalue weighted by Gasteiger charge is -1.97. The van der Waals surface area contributed by atoms with Gasteiger partial charge in [-0.1, -0.05) is 0 Å². The van der Waals surface area contributed by atoms with Gasteiger partial charge in [-0.15, -0.1) is 5.10 Å². The molecule has 2 aromatic heterocycles. The Labute approximate surface area is 78.4 Å². The first-order valence-electron chi connectivity index (χ1n) is 4.14. The number of fused-ring (bicyclic) bond motifs is 1. The third-order valence-electron chi connectivity index (χ3n) is 1.93. The van der Waals surface area contributed by atoms with Gasteiger partial charge in [0.15, 0.2) is 0 Å². The largest absolute Gasteiger partial charge is 0.382 e. The first kappa shape index (κ1) is 8.74. The molecule has 0 aliphatic rings. The summed E-state index contributed by atoms with van der Waals surface area (Å²) in [5, 5.41) is 3.90. The van der Waals surface area contributed by atoms with Crippen LogP contribution in [0.25, 0.3) is 5.65 Å². The van der Waals surface area contributed by atoms with E-state index in [0.29, 0.717) is 17.0 Å². The van der Waals surface area contributed by atoms with Crippen LogP contribution < -0.4 is 11.3 Å². The van der Waals surface area contributed by atoms with Crippen LogP contribution in [0.4, 0.5) is 10.2 Å². The molecule has 6 heteroatoms. The Balaban J connectivity index is 2.64. The average molecular weight is 196 g/mol. The molecule has 0 spiro atoms. The van der Waals surface area contributed by atoms with Crippen molar-refractivity contribution in [1.82, 2.24) is 14.6 Å². The molecule has 0 saturated carbocycles. The number of hydrogen-bond acceptors (Lipinski definition) is 3. The van der Waals surface area contributed by atoms with Crippen molar-refractivity contribution in [3.8, 4) is 0 Å². The van der Waals surface area contributed by atoms with Gasteiger partial charge in [0.2, 0.25) is 0 Å². The van der Waals surface area contributed by atoms with Crippen LogP contribution in [0.2, 0.25) is 0 Å². The number of rotatable bonds is 2. The molecule has 14 heavy (non-hydrogen) atoms. The minimum absolute atomic E-state index is 0.0883. The zero-order chi connectivity index (χ0) is 10.1. The molecule has 0 saturated heterocycles. The lowest BCUT2D eigenvalue weighted by atomic mass is 10.2. The number of aromatic amines is 1. The van der Waals surface area contributed by atoms with E-state index >= 15 is 0 Å². The third-order valence-corrected chi connectivity index (χ3v) is 1.93. The van der Waals surface area contributed by atoms with Crippen LogP contribution in [0.15, 0.2) is 17.1 Å². The van der Waals surface area contributed by atoms with E-state index in [0.717, 1.165) is 0 Å². The van der Waals surface area contributed by atoms with Gasteiger partial charge in [0.05, 0.1) is 6.67 Å². The minimum Gasteiger partial charge on any atom is -0.382 e. The van der Waals surface area contributed by atoms with E-state index in [2.05, 4.69) is 10.1 Å². The summed E-state index contributed by atoms with van der Waals surface area (Å²) in [6.07, 6.45) is 1.58. The number of hydrogen-bond donors (Lipinski definition) is 2. The lowest BCUT2D eigenvalue weighted by Crippen LogP contribution is -2.15. The van der Waals surface area contributed by atoms with Crippen molar-refractivity contribution in [2.75, 3.05) is 12.4 Å². The van der Waals surface area contributed by atoms with Crippen molar-refractivity contribution in [3.63, 3.8) is 0 Å². The number of H-pyrrole nitrogens is 1. The zero-order valence-corrected chi connectivity index (χ0v) is 7.33.